The number of carbonyl (C=O) groups is 2. The number of ether oxygens (including phenoxy) is 2. The number of hydrogen-bond donors (Lipinski definition) is 2. The molecule has 0 aromatic heterocycles. The Bertz CT molecular complexity index is 1060. The standard InChI is InChI=1S/C53H101O8P/c1-3-5-7-9-11-13-15-17-19-21-23-25-26-28-29-31-33-35-37-39-41-43-45-47-52(54)59-49-51(50-60-62(56,57)58)61-53(55)48-46-44-42-40-38-36-34-32-30-27-24-22-20-18-16-14-12-10-8-6-4-2/h18,20,39,41,51H,3-17,19,21-38,40,42-50H2,1-2H3,(H2,56,57,58)/b20-18+,41-39+/t51-/m1/s1. The fraction of sp³-hybridized carbons (Fsp3) is 0.887. The molecule has 0 unspecified atom stereocenters. The lowest BCUT2D eigenvalue weighted by atomic mass is 10.0. The summed E-state index contributed by atoms with van der Waals surface area (Å²) in [7, 11) is -4.76. The second kappa shape index (κ2) is 49.0. The third-order valence-electron chi connectivity index (χ3n) is 11.9. The highest BCUT2D eigenvalue weighted by Gasteiger charge is 2.23. The van der Waals surface area contributed by atoms with Crippen LogP contribution in [0.15, 0.2) is 24.3 Å². The van der Waals surface area contributed by atoms with Crippen LogP contribution in [-0.4, -0.2) is 41.0 Å². The zero-order chi connectivity index (χ0) is 45.3. The van der Waals surface area contributed by atoms with E-state index in [1.54, 1.807) is 0 Å². The van der Waals surface area contributed by atoms with Crippen molar-refractivity contribution in [3.05, 3.63) is 24.3 Å². The quantitative estimate of drug-likeness (QED) is 0.0268. The number of rotatable bonds is 50. The van der Waals surface area contributed by atoms with Gasteiger partial charge in [-0.25, -0.2) is 4.57 Å². The SMILES string of the molecule is CCCCCCCC/C=C/CCCCCCCCCCCCCC(=O)O[C@H](COC(=O)CCC/C=C/CCCCCCCCCCCCCCCCCCCC)COP(=O)(O)O. The molecule has 8 nitrogen and oxygen atoms in total. The van der Waals surface area contributed by atoms with Gasteiger partial charge in [0.25, 0.3) is 0 Å². The summed E-state index contributed by atoms with van der Waals surface area (Å²) in [5, 5.41) is 0. The van der Waals surface area contributed by atoms with Crippen LogP contribution >= 0.6 is 7.82 Å². The van der Waals surface area contributed by atoms with Crippen molar-refractivity contribution >= 4 is 19.8 Å². The summed E-state index contributed by atoms with van der Waals surface area (Å²) in [5.41, 5.74) is 0. The van der Waals surface area contributed by atoms with Gasteiger partial charge < -0.3 is 19.3 Å². The van der Waals surface area contributed by atoms with E-state index in [0.717, 1.165) is 32.1 Å². The second-order valence-corrected chi connectivity index (χ2v) is 19.4. The monoisotopic (exact) mass is 897 g/mol. The van der Waals surface area contributed by atoms with E-state index in [4.69, 9.17) is 19.3 Å². The van der Waals surface area contributed by atoms with Crippen LogP contribution in [-0.2, 0) is 28.2 Å². The molecule has 0 spiro atoms. The summed E-state index contributed by atoms with van der Waals surface area (Å²) in [5.74, 6) is -0.908. The van der Waals surface area contributed by atoms with Gasteiger partial charge in [-0.3, -0.25) is 14.1 Å². The Morgan fingerprint density at radius 3 is 1.03 bits per heavy atom. The number of hydrogen-bond acceptors (Lipinski definition) is 6. The molecular weight excluding hydrogens is 796 g/mol. The van der Waals surface area contributed by atoms with Gasteiger partial charge in [-0.1, -0.05) is 237 Å². The molecule has 0 rings (SSSR count). The van der Waals surface area contributed by atoms with Gasteiger partial charge in [0.05, 0.1) is 6.61 Å². The Labute approximate surface area is 383 Å². The molecule has 366 valence electrons. The average molecular weight is 897 g/mol. The molecule has 0 aromatic rings. The highest BCUT2D eigenvalue weighted by molar-refractivity contribution is 7.46. The lowest BCUT2D eigenvalue weighted by Gasteiger charge is -2.18. The van der Waals surface area contributed by atoms with Crippen molar-refractivity contribution in [1.29, 1.82) is 0 Å². The number of esters is 2. The van der Waals surface area contributed by atoms with E-state index >= 15 is 0 Å². The number of phosphoric ester groups is 1. The van der Waals surface area contributed by atoms with Gasteiger partial charge in [0, 0.05) is 12.8 Å². The minimum absolute atomic E-state index is 0.209. The zero-order valence-electron chi connectivity index (χ0n) is 40.8. The van der Waals surface area contributed by atoms with Gasteiger partial charge in [0.15, 0.2) is 6.10 Å². The van der Waals surface area contributed by atoms with E-state index in [9.17, 15) is 14.2 Å². The average Bonchev–Trinajstić information content (AvgIpc) is 3.25. The molecule has 0 aliphatic rings. The van der Waals surface area contributed by atoms with Crippen LogP contribution in [0.25, 0.3) is 0 Å². The molecule has 2 N–H and O–H groups in total. The molecule has 0 radical (unpaired) electrons. The highest BCUT2D eigenvalue weighted by atomic mass is 31.2. The molecular formula is C53H101O8P. The van der Waals surface area contributed by atoms with E-state index in [2.05, 4.69) is 42.7 Å². The maximum atomic E-state index is 12.5. The van der Waals surface area contributed by atoms with E-state index in [1.807, 2.05) is 0 Å². The van der Waals surface area contributed by atoms with E-state index < -0.39 is 32.5 Å². The van der Waals surface area contributed by atoms with Crippen molar-refractivity contribution in [2.24, 2.45) is 0 Å². The fourth-order valence-electron chi connectivity index (χ4n) is 7.96. The van der Waals surface area contributed by atoms with Crippen molar-refractivity contribution in [1.82, 2.24) is 0 Å². The number of unbranched alkanes of at least 4 members (excludes halogenated alkanes) is 36. The molecule has 0 saturated heterocycles. The third kappa shape index (κ3) is 51.2. The van der Waals surface area contributed by atoms with Crippen molar-refractivity contribution in [2.45, 2.75) is 290 Å². The summed E-state index contributed by atoms with van der Waals surface area (Å²) in [6.45, 7) is 3.71. The van der Waals surface area contributed by atoms with Crippen molar-refractivity contribution in [2.75, 3.05) is 13.2 Å². The van der Waals surface area contributed by atoms with E-state index in [0.29, 0.717) is 12.8 Å². The van der Waals surface area contributed by atoms with Crippen molar-refractivity contribution in [3.8, 4) is 0 Å². The zero-order valence-corrected chi connectivity index (χ0v) is 41.7. The van der Waals surface area contributed by atoms with Crippen LogP contribution in [0.4, 0.5) is 0 Å². The van der Waals surface area contributed by atoms with Crippen molar-refractivity contribution in [3.63, 3.8) is 0 Å². The molecule has 0 amide bonds. The van der Waals surface area contributed by atoms with Crippen LogP contribution < -0.4 is 0 Å². The van der Waals surface area contributed by atoms with Gasteiger partial charge in [-0.05, 0) is 57.8 Å². The maximum absolute atomic E-state index is 12.5. The van der Waals surface area contributed by atoms with Crippen LogP contribution in [0.5, 0.6) is 0 Å². The third-order valence-corrected chi connectivity index (χ3v) is 12.4. The number of phosphoric acid groups is 1. The normalized spacial score (nSPS) is 12.5. The van der Waals surface area contributed by atoms with Gasteiger partial charge >= 0.3 is 19.8 Å². The first-order chi connectivity index (χ1) is 30.3. The molecule has 1 atom stereocenters. The molecule has 0 aliphatic heterocycles. The van der Waals surface area contributed by atoms with E-state index in [1.165, 1.54) is 212 Å². The molecule has 9 heteroatoms. The Balaban J connectivity index is 3.80. The molecule has 0 aromatic carbocycles. The first-order valence-electron chi connectivity index (χ1n) is 26.6. The van der Waals surface area contributed by atoms with Crippen LogP contribution in [0.3, 0.4) is 0 Å². The summed E-state index contributed by atoms with van der Waals surface area (Å²) >= 11 is 0. The number of allylic oxidation sites excluding steroid dienone is 4. The molecule has 0 fully saturated rings. The first-order valence-corrected chi connectivity index (χ1v) is 28.2. The smallest absolute Gasteiger partial charge is 0.462 e. The predicted molar refractivity (Wildman–Crippen MR) is 262 cm³/mol. The van der Waals surface area contributed by atoms with Gasteiger partial charge in [0.1, 0.15) is 6.61 Å². The van der Waals surface area contributed by atoms with Crippen LogP contribution in [0.1, 0.15) is 284 Å². The topological polar surface area (TPSA) is 119 Å². The molecule has 0 saturated carbocycles. The van der Waals surface area contributed by atoms with Gasteiger partial charge in [-0.15, -0.1) is 0 Å². The summed E-state index contributed by atoms with van der Waals surface area (Å²) in [4.78, 5) is 43.1. The summed E-state index contributed by atoms with van der Waals surface area (Å²) in [6.07, 6.45) is 59.3. The Morgan fingerprint density at radius 2 is 0.694 bits per heavy atom. The van der Waals surface area contributed by atoms with Gasteiger partial charge in [0.2, 0.25) is 0 Å². The Hall–Kier alpha value is -1.47. The minimum Gasteiger partial charge on any atom is -0.462 e. The van der Waals surface area contributed by atoms with Crippen molar-refractivity contribution < 1.29 is 37.9 Å². The van der Waals surface area contributed by atoms with E-state index in [-0.39, 0.29) is 19.4 Å². The fourth-order valence-corrected chi connectivity index (χ4v) is 8.32. The lowest BCUT2D eigenvalue weighted by Crippen LogP contribution is -2.29. The second-order valence-electron chi connectivity index (χ2n) is 18.2. The summed E-state index contributed by atoms with van der Waals surface area (Å²) < 4.78 is 26.5. The van der Waals surface area contributed by atoms with Crippen LogP contribution in [0, 0.1) is 0 Å². The Morgan fingerprint density at radius 1 is 0.403 bits per heavy atom. The van der Waals surface area contributed by atoms with Crippen LogP contribution in [0.2, 0.25) is 0 Å². The molecule has 62 heavy (non-hydrogen) atoms. The lowest BCUT2D eigenvalue weighted by molar-refractivity contribution is -0.161. The van der Waals surface area contributed by atoms with Gasteiger partial charge in [-0.2, -0.15) is 0 Å². The number of carbonyl (C=O) groups excluding carboxylic acids is 2. The molecule has 0 heterocycles. The Kier molecular flexibility index (Phi) is 47.8. The largest absolute Gasteiger partial charge is 0.469 e. The maximum Gasteiger partial charge on any atom is 0.469 e. The predicted octanol–water partition coefficient (Wildman–Crippen LogP) is 17.1. The summed E-state index contributed by atoms with van der Waals surface area (Å²) in [6, 6.07) is 0. The molecule has 0 bridgehead atoms. The highest BCUT2D eigenvalue weighted by Crippen LogP contribution is 2.36. The first kappa shape index (κ1) is 60.5. The molecule has 0 aliphatic carbocycles. The minimum atomic E-state index is -4.76.